The van der Waals surface area contributed by atoms with Gasteiger partial charge >= 0.3 is 5.88 Å². The minimum absolute atomic E-state index is 0.0694. The Bertz CT molecular complexity index is 312. The van der Waals surface area contributed by atoms with Gasteiger partial charge in [0.25, 0.3) is 0 Å². The molecule has 0 aliphatic heterocycles. The van der Waals surface area contributed by atoms with Crippen LogP contribution in [0.5, 0.6) is 5.88 Å². The number of methoxy groups -OCH3 is 1. The summed E-state index contributed by atoms with van der Waals surface area (Å²) in [5.41, 5.74) is 0.130. The topological polar surface area (TPSA) is 66.1 Å². The maximum absolute atomic E-state index is 10.9. The number of aromatic nitrogens is 2. The Morgan fingerprint density at radius 1 is 1.67 bits per heavy atom. The fraction of sp³-hybridized carbons (Fsp3) is 0.286. The average Bonchev–Trinajstić information content (AvgIpc) is 2.04. The minimum atomic E-state index is -0.248. The van der Waals surface area contributed by atoms with Crippen LogP contribution >= 0.6 is 0 Å². The molecule has 0 saturated heterocycles. The van der Waals surface area contributed by atoms with E-state index in [0.29, 0.717) is 0 Å². The quantitative estimate of drug-likeness (QED) is 0.352. The van der Waals surface area contributed by atoms with Crippen LogP contribution in [0.2, 0.25) is 0 Å². The molecular weight excluding hydrogens is 160 g/mol. The second kappa shape index (κ2) is 3.17. The second-order valence-electron chi connectivity index (χ2n) is 2.19. The molecule has 5 nitrogen and oxygen atoms in total. The van der Waals surface area contributed by atoms with E-state index in [0.717, 1.165) is 0 Å². The number of rotatable bonds is 2. The molecule has 0 radical (unpaired) electrons. The van der Waals surface area contributed by atoms with Gasteiger partial charge in [0.1, 0.15) is 0 Å². The van der Waals surface area contributed by atoms with Gasteiger partial charge in [-0.05, 0) is 10.9 Å². The predicted molar refractivity (Wildman–Crippen MR) is 39.8 cm³/mol. The molecule has 0 unspecified atom stereocenters. The number of hydrogen-bond acceptors (Lipinski definition) is 4. The van der Waals surface area contributed by atoms with Crippen LogP contribution in [0.15, 0.2) is 12.1 Å². The van der Waals surface area contributed by atoms with Gasteiger partial charge in [-0.1, -0.05) is 0 Å². The molecule has 0 atom stereocenters. The summed E-state index contributed by atoms with van der Waals surface area (Å²) in [6.07, 6.45) is 0. The van der Waals surface area contributed by atoms with Crippen LogP contribution in [-0.2, 0) is 0 Å². The van der Waals surface area contributed by atoms with E-state index in [1.807, 2.05) is 0 Å². The molecule has 1 rings (SSSR count). The summed E-state index contributed by atoms with van der Waals surface area (Å²) < 4.78 is 4.66. The van der Waals surface area contributed by atoms with E-state index in [1.54, 1.807) is 0 Å². The van der Waals surface area contributed by atoms with Crippen molar-refractivity contribution in [3.8, 4) is 5.88 Å². The van der Waals surface area contributed by atoms with E-state index in [9.17, 15) is 10.0 Å². The van der Waals surface area contributed by atoms with E-state index in [4.69, 9.17) is 0 Å². The van der Waals surface area contributed by atoms with Crippen LogP contribution in [0.3, 0.4) is 0 Å². The maximum atomic E-state index is 10.9. The average molecular weight is 168 g/mol. The molecule has 0 aliphatic rings. The zero-order valence-electron chi connectivity index (χ0n) is 6.77. The lowest BCUT2D eigenvalue weighted by atomic mass is 10.3. The van der Waals surface area contributed by atoms with Gasteiger partial charge in [-0.3, -0.25) is 4.79 Å². The SMILES string of the molecule is COc1ccc(C(C)=O)n[n+]1[O-]. The summed E-state index contributed by atoms with van der Waals surface area (Å²) in [5, 5.41) is 14.3. The highest BCUT2D eigenvalue weighted by Crippen LogP contribution is 2.01. The summed E-state index contributed by atoms with van der Waals surface area (Å²) in [7, 11) is 1.36. The van der Waals surface area contributed by atoms with Crippen molar-refractivity contribution in [3.05, 3.63) is 23.0 Å². The third kappa shape index (κ3) is 1.50. The lowest BCUT2D eigenvalue weighted by Crippen LogP contribution is -2.34. The van der Waals surface area contributed by atoms with E-state index >= 15 is 0 Å². The number of hydrogen-bond donors (Lipinski definition) is 0. The number of carbonyl (C=O) groups excluding carboxylic acids is 1. The van der Waals surface area contributed by atoms with Gasteiger partial charge in [0.2, 0.25) is 0 Å². The summed E-state index contributed by atoms with van der Waals surface area (Å²) in [6.45, 7) is 1.34. The lowest BCUT2D eigenvalue weighted by molar-refractivity contribution is -0.674. The predicted octanol–water partition coefficient (Wildman–Crippen LogP) is -0.0738. The van der Waals surface area contributed by atoms with Crippen LogP contribution in [0, 0.1) is 5.21 Å². The third-order valence-corrected chi connectivity index (χ3v) is 1.34. The molecule has 0 saturated carbocycles. The number of ether oxygens (including phenoxy) is 1. The number of carbonyl (C=O) groups is 1. The largest absolute Gasteiger partial charge is 0.591 e. The Hall–Kier alpha value is -1.65. The van der Waals surface area contributed by atoms with Gasteiger partial charge in [-0.15, -0.1) is 0 Å². The number of ketones is 1. The first-order chi connectivity index (χ1) is 5.65. The van der Waals surface area contributed by atoms with Crippen LogP contribution in [-0.4, -0.2) is 18.0 Å². The molecule has 1 heterocycles. The van der Waals surface area contributed by atoms with Gasteiger partial charge in [-0.2, -0.15) is 0 Å². The molecule has 64 valence electrons. The Labute approximate surface area is 69.2 Å². The van der Waals surface area contributed by atoms with Crippen molar-refractivity contribution in [1.29, 1.82) is 0 Å². The zero-order chi connectivity index (χ0) is 9.14. The molecule has 0 N–H and O–H groups in total. The molecule has 0 aliphatic carbocycles. The Morgan fingerprint density at radius 2 is 2.33 bits per heavy atom. The number of nitrogens with zero attached hydrogens (tertiary/aromatic N) is 2. The Kier molecular flexibility index (Phi) is 2.23. The fourth-order valence-corrected chi connectivity index (χ4v) is 0.728. The van der Waals surface area contributed by atoms with Crippen LogP contribution in [0.4, 0.5) is 0 Å². The molecular formula is C7H8N2O3. The van der Waals surface area contributed by atoms with E-state index < -0.39 is 0 Å². The van der Waals surface area contributed by atoms with Crippen molar-refractivity contribution in [1.82, 2.24) is 5.10 Å². The van der Waals surface area contributed by atoms with E-state index in [-0.39, 0.29) is 22.2 Å². The van der Waals surface area contributed by atoms with Crippen LogP contribution in [0.25, 0.3) is 0 Å². The molecule has 5 heteroatoms. The van der Waals surface area contributed by atoms with Gasteiger partial charge in [0.05, 0.1) is 13.2 Å². The molecule has 0 amide bonds. The van der Waals surface area contributed by atoms with Crippen molar-refractivity contribution in [2.45, 2.75) is 6.92 Å². The highest BCUT2D eigenvalue weighted by molar-refractivity contribution is 5.91. The van der Waals surface area contributed by atoms with Crippen molar-refractivity contribution >= 4 is 5.78 Å². The summed E-state index contributed by atoms with van der Waals surface area (Å²) in [5.74, 6) is -0.178. The lowest BCUT2D eigenvalue weighted by Gasteiger charge is -1.99. The highest BCUT2D eigenvalue weighted by atomic mass is 16.6. The Morgan fingerprint density at radius 3 is 2.75 bits per heavy atom. The summed E-state index contributed by atoms with van der Waals surface area (Å²) in [4.78, 5) is 11.0. The first-order valence-electron chi connectivity index (χ1n) is 3.31. The van der Waals surface area contributed by atoms with Crippen molar-refractivity contribution in [2.75, 3.05) is 7.11 Å². The normalized spacial score (nSPS) is 9.50. The minimum Gasteiger partial charge on any atom is -0.591 e. The van der Waals surface area contributed by atoms with Gasteiger partial charge in [0.15, 0.2) is 11.5 Å². The molecule has 0 bridgehead atoms. The smallest absolute Gasteiger partial charge is 0.405 e. The van der Waals surface area contributed by atoms with Gasteiger partial charge in [0, 0.05) is 12.0 Å². The molecule has 1 aromatic heterocycles. The van der Waals surface area contributed by atoms with Crippen LogP contribution in [0.1, 0.15) is 17.4 Å². The number of Topliss-reactive ketones (excluding diaryl/α,β-unsaturated/α-hetero) is 1. The molecule has 12 heavy (non-hydrogen) atoms. The van der Waals surface area contributed by atoms with Gasteiger partial charge < -0.3 is 9.94 Å². The highest BCUT2D eigenvalue weighted by Gasteiger charge is 2.10. The first-order valence-corrected chi connectivity index (χ1v) is 3.31. The summed E-state index contributed by atoms with van der Waals surface area (Å²) >= 11 is 0. The monoisotopic (exact) mass is 168 g/mol. The third-order valence-electron chi connectivity index (χ3n) is 1.34. The van der Waals surface area contributed by atoms with Crippen molar-refractivity contribution < 1.29 is 14.4 Å². The maximum Gasteiger partial charge on any atom is 0.405 e. The molecule has 0 fully saturated rings. The zero-order valence-corrected chi connectivity index (χ0v) is 6.77. The second-order valence-corrected chi connectivity index (χ2v) is 2.19. The fourth-order valence-electron chi connectivity index (χ4n) is 0.728. The van der Waals surface area contributed by atoms with Gasteiger partial charge in [-0.25, -0.2) is 0 Å². The molecule has 0 aromatic carbocycles. The summed E-state index contributed by atoms with van der Waals surface area (Å²) in [6, 6.07) is 2.84. The first kappa shape index (κ1) is 8.45. The van der Waals surface area contributed by atoms with Crippen molar-refractivity contribution in [2.24, 2.45) is 0 Å². The standard InChI is InChI=1S/C7H8N2O3/c1-5(10)6-3-4-7(12-2)9(11)8-6/h3-4H,1-2H3. The van der Waals surface area contributed by atoms with E-state index in [2.05, 4.69) is 9.84 Å². The molecule has 1 aromatic rings. The Balaban J connectivity index is 3.10. The molecule has 0 spiro atoms. The van der Waals surface area contributed by atoms with Crippen LogP contribution < -0.4 is 9.58 Å². The van der Waals surface area contributed by atoms with E-state index in [1.165, 1.54) is 26.2 Å². The van der Waals surface area contributed by atoms with Crippen molar-refractivity contribution in [3.63, 3.8) is 0 Å².